The van der Waals surface area contributed by atoms with Gasteiger partial charge in [-0.25, -0.2) is 8.78 Å². The van der Waals surface area contributed by atoms with Crippen LogP contribution >= 0.6 is 24.0 Å². The fourth-order valence-corrected chi connectivity index (χ4v) is 2.92. The van der Waals surface area contributed by atoms with E-state index in [1.807, 2.05) is 13.8 Å². The van der Waals surface area contributed by atoms with Crippen molar-refractivity contribution in [3.8, 4) is 0 Å². The zero-order valence-electron chi connectivity index (χ0n) is 16.3. The van der Waals surface area contributed by atoms with Gasteiger partial charge >= 0.3 is 0 Å². The van der Waals surface area contributed by atoms with E-state index in [9.17, 15) is 8.78 Å². The average Bonchev–Trinajstić information content (AvgIpc) is 2.63. The molecule has 0 aromatic heterocycles. The number of ether oxygens (including phenoxy) is 1. The molecular weight excluding hydrogens is 465 g/mol. The smallest absolute Gasteiger partial charge is 0.191 e. The van der Waals surface area contributed by atoms with Crippen molar-refractivity contribution in [2.45, 2.75) is 26.8 Å². The number of benzene rings is 1. The van der Waals surface area contributed by atoms with Crippen LogP contribution in [0.15, 0.2) is 23.2 Å². The maximum atomic E-state index is 13.4. The molecule has 0 spiro atoms. The van der Waals surface area contributed by atoms with Crippen molar-refractivity contribution in [3.63, 3.8) is 0 Å². The molecule has 8 heteroatoms. The van der Waals surface area contributed by atoms with E-state index in [-0.39, 0.29) is 30.0 Å². The summed E-state index contributed by atoms with van der Waals surface area (Å²) in [5, 5.41) is 6.46. The summed E-state index contributed by atoms with van der Waals surface area (Å²) in [6.45, 7) is 12.0. The van der Waals surface area contributed by atoms with Crippen LogP contribution in [0.1, 0.15) is 32.4 Å². The summed E-state index contributed by atoms with van der Waals surface area (Å²) in [5.41, 5.74) is 0.677. The summed E-state index contributed by atoms with van der Waals surface area (Å²) >= 11 is 0. The van der Waals surface area contributed by atoms with Crippen molar-refractivity contribution in [1.82, 2.24) is 15.5 Å². The summed E-state index contributed by atoms with van der Waals surface area (Å²) in [7, 11) is 0. The first-order valence-electron chi connectivity index (χ1n) is 9.29. The first-order chi connectivity index (χ1) is 12.5. The molecule has 5 nitrogen and oxygen atoms in total. The SMILES string of the molecule is CCNC(=NCC(C)CN1CCOCC1)NC(C)c1ccc(F)c(F)c1.I. The van der Waals surface area contributed by atoms with Gasteiger partial charge in [0.2, 0.25) is 0 Å². The molecule has 0 bridgehead atoms. The van der Waals surface area contributed by atoms with Crippen molar-refractivity contribution in [2.75, 3.05) is 45.9 Å². The highest BCUT2D eigenvalue weighted by Gasteiger charge is 2.14. The Kier molecular flexibility index (Phi) is 11.1. The molecule has 1 saturated heterocycles. The summed E-state index contributed by atoms with van der Waals surface area (Å²) in [6, 6.07) is 3.77. The van der Waals surface area contributed by atoms with E-state index in [0.29, 0.717) is 24.0 Å². The second kappa shape index (κ2) is 12.5. The summed E-state index contributed by atoms with van der Waals surface area (Å²) < 4.78 is 31.9. The number of morpholine rings is 1. The molecule has 154 valence electrons. The number of guanidine groups is 1. The molecule has 0 aliphatic carbocycles. The van der Waals surface area contributed by atoms with Crippen LogP contribution in [0.25, 0.3) is 0 Å². The van der Waals surface area contributed by atoms with Gasteiger partial charge in [-0.1, -0.05) is 13.0 Å². The molecule has 1 fully saturated rings. The molecule has 1 aliphatic rings. The van der Waals surface area contributed by atoms with Crippen LogP contribution in [-0.2, 0) is 4.74 Å². The minimum atomic E-state index is -0.836. The normalized spacial score (nSPS) is 17.7. The lowest BCUT2D eigenvalue weighted by molar-refractivity contribution is 0.0323. The Morgan fingerprint density at radius 2 is 1.93 bits per heavy atom. The van der Waals surface area contributed by atoms with Gasteiger partial charge in [0.15, 0.2) is 17.6 Å². The molecule has 2 atom stereocenters. The topological polar surface area (TPSA) is 48.9 Å². The van der Waals surface area contributed by atoms with Crippen molar-refractivity contribution in [1.29, 1.82) is 0 Å². The van der Waals surface area contributed by atoms with Crippen LogP contribution < -0.4 is 10.6 Å². The third-order valence-electron chi connectivity index (χ3n) is 4.38. The number of rotatable bonds is 7. The van der Waals surface area contributed by atoms with Gasteiger partial charge in [-0.05, 0) is 37.5 Å². The van der Waals surface area contributed by atoms with Gasteiger partial charge in [-0.3, -0.25) is 9.89 Å². The van der Waals surface area contributed by atoms with E-state index in [2.05, 4.69) is 27.4 Å². The van der Waals surface area contributed by atoms with E-state index in [1.165, 1.54) is 6.07 Å². The molecule has 1 aliphatic heterocycles. The van der Waals surface area contributed by atoms with Crippen molar-refractivity contribution < 1.29 is 13.5 Å². The number of nitrogens with one attached hydrogen (secondary N) is 2. The Morgan fingerprint density at radius 1 is 1.22 bits per heavy atom. The lowest BCUT2D eigenvalue weighted by Crippen LogP contribution is -2.41. The summed E-state index contributed by atoms with van der Waals surface area (Å²) in [6.07, 6.45) is 0. The quantitative estimate of drug-likeness (QED) is 0.346. The fraction of sp³-hybridized carbons (Fsp3) is 0.632. The van der Waals surface area contributed by atoms with Crippen LogP contribution in [0.4, 0.5) is 8.78 Å². The number of hydrogen-bond donors (Lipinski definition) is 2. The number of nitrogens with zero attached hydrogens (tertiary/aromatic N) is 2. The van der Waals surface area contributed by atoms with Gasteiger partial charge < -0.3 is 15.4 Å². The third kappa shape index (κ3) is 8.27. The van der Waals surface area contributed by atoms with Crippen molar-refractivity contribution in [2.24, 2.45) is 10.9 Å². The molecule has 2 N–H and O–H groups in total. The Balaban J connectivity index is 0.00000364. The zero-order chi connectivity index (χ0) is 18.9. The van der Waals surface area contributed by atoms with Crippen molar-refractivity contribution in [3.05, 3.63) is 35.4 Å². The molecule has 0 saturated carbocycles. The monoisotopic (exact) mass is 496 g/mol. The van der Waals surface area contributed by atoms with Gasteiger partial charge in [0.25, 0.3) is 0 Å². The minimum absolute atomic E-state index is 0. The standard InChI is InChI=1S/C19H30F2N4O.HI/c1-4-22-19(23-12-14(2)13-25-7-9-26-10-8-25)24-15(3)16-5-6-17(20)18(21)11-16;/h5-6,11,14-15H,4,7-10,12-13H2,1-3H3,(H2,22,23,24);1H. The van der Waals surface area contributed by atoms with Crippen LogP contribution in [0.5, 0.6) is 0 Å². The summed E-state index contributed by atoms with van der Waals surface area (Å²) in [5.74, 6) is -0.573. The van der Waals surface area contributed by atoms with Gasteiger partial charge in [-0.2, -0.15) is 0 Å². The van der Waals surface area contributed by atoms with Crippen LogP contribution in [0.2, 0.25) is 0 Å². The van der Waals surface area contributed by atoms with E-state index in [0.717, 1.165) is 45.5 Å². The fourth-order valence-electron chi connectivity index (χ4n) is 2.92. The maximum Gasteiger partial charge on any atom is 0.191 e. The Morgan fingerprint density at radius 3 is 2.56 bits per heavy atom. The second-order valence-electron chi connectivity index (χ2n) is 6.78. The average molecular weight is 496 g/mol. The van der Waals surface area contributed by atoms with Gasteiger partial charge in [0.05, 0.1) is 19.3 Å². The van der Waals surface area contributed by atoms with E-state index in [1.54, 1.807) is 6.07 Å². The first kappa shape index (κ1) is 24.0. The predicted molar refractivity (Wildman–Crippen MR) is 116 cm³/mol. The molecule has 1 aromatic carbocycles. The largest absolute Gasteiger partial charge is 0.379 e. The lowest BCUT2D eigenvalue weighted by atomic mass is 10.1. The minimum Gasteiger partial charge on any atom is -0.379 e. The molecule has 1 aromatic rings. The van der Waals surface area contributed by atoms with Crippen molar-refractivity contribution >= 4 is 29.9 Å². The van der Waals surface area contributed by atoms with Crippen LogP contribution in [-0.4, -0.2) is 56.8 Å². The molecule has 1 heterocycles. The van der Waals surface area contributed by atoms with Gasteiger partial charge in [0, 0.05) is 32.7 Å². The van der Waals surface area contributed by atoms with E-state index in [4.69, 9.17) is 4.74 Å². The van der Waals surface area contributed by atoms with E-state index < -0.39 is 11.6 Å². The first-order valence-corrected chi connectivity index (χ1v) is 9.29. The van der Waals surface area contributed by atoms with E-state index >= 15 is 0 Å². The molecule has 27 heavy (non-hydrogen) atoms. The zero-order valence-corrected chi connectivity index (χ0v) is 18.6. The lowest BCUT2D eigenvalue weighted by Gasteiger charge is -2.28. The highest BCUT2D eigenvalue weighted by atomic mass is 127. The third-order valence-corrected chi connectivity index (χ3v) is 4.38. The Hall–Kier alpha value is -1.00. The predicted octanol–water partition coefficient (Wildman–Crippen LogP) is 3.17. The highest BCUT2D eigenvalue weighted by molar-refractivity contribution is 14.0. The molecule has 0 amide bonds. The number of aliphatic imine (C=N–C) groups is 1. The number of hydrogen-bond acceptors (Lipinski definition) is 3. The van der Waals surface area contributed by atoms with Crippen LogP contribution in [0.3, 0.4) is 0 Å². The van der Waals surface area contributed by atoms with Crippen LogP contribution in [0, 0.1) is 17.6 Å². The second-order valence-corrected chi connectivity index (χ2v) is 6.78. The molecular formula is C19H31F2IN4O. The maximum absolute atomic E-state index is 13.4. The highest BCUT2D eigenvalue weighted by Crippen LogP contribution is 2.15. The Bertz CT molecular complexity index is 597. The molecule has 2 rings (SSSR count). The van der Waals surface area contributed by atoms with Gasteiger partial charge in [-0.15, -0.1) is 24.0 Å². The number of halogens is 3. The molecule has 2 unspecified atom stereocenters. The van der Waals surface area contributed by atoms with Gasteiger partial charge in [0.1, 0.15) is 0 Å². The molecule has 0 radical (unpaired) electrons. The Labute approximate surface area is 178 Å². The summed E-state index contributed by atoms with van der Waals surface area (Å²) in [4.78, 5) is 7.05.